The molecule has 6 nitrogen and oxygen atoms in total. The third kappa shape index (κ3) is 1.76. The number of hydrogen-bond acceptors (Lipinski definition) is 5. The molecular weight excluding hydrogens is 270 g/mol. The summed E-state index contributed by atoms with van der Waals surface area (Å²) in [6.45, 7) is 0.845. The van der Waals surface area contributed by atoms with Crippen LogP contribution in [0.3, 0.4) is 0 Å². The lowest BCUT2D eigenvalue weighted by molar-refractivity contribution is 0.172. The molecule has 0 fully saturated rings. The number of hydrogen-bond donors (Lipinski definition) is 2. The molecular formula is C12H12ClN3O3. The Balaban J connectivity index is 2.30. The maximum absolute atomic E-state index is 10.2. The van der Waals surface area contributed by atoms with Crippen molar-refractivity contribution in [3.8, 4) is 28.4 Å². The molecule has 0 aliphatic carbocycles. The lowest BCUT2D eigenvalue weighted by Gasteiger charge is -2.22. The highest BCUT2D eigenvalue weighted by Crippen LogP contribution is 2.50. The van der Waals surface area contributed by atoms with Crippen LogP contribution in [0.25, 0.3) is 11.1 Å². The van der Waals surface area contributed by atoms with Gasteiger partial charge in [0.1, 0.15) is 24.8 Å². The molecule has 19 heavy (non-hydrogen) atoms. The van der Waals surface area contributed by atoms with Crippen molar-refractivity contribution in [2.75, 3.05) is 18.9 Å². The molecule has 7 heteroatoms. The van der Waals surface area contributed by atoms with Gasteiger partial charge in [0.25, 0.3) is 0 Å². The van der Waals surface area contributed by atoms with Crippen molar-refractivity contribution in [3.63, 3.8) is 0 Å². The van der Waals surface area contributed by atoms with E-state index in [0.717, 1.165) is 0 Å². The summed E-state index contributed by atoms with van der Waals surface area (Å²) in [5.74, 6) is 1.25. The molecule has 0 spiro atoms. The summed E-state index contributed by atoms with van der Waals surface area (Å²) in [5, 5.41) is 14.4. The number of phenolic OH excluding ortho intramolecular Hbond substituents is 1. The number of aryl methyl sites for hydroxylation is 1. The molecule has 0 bridgehead atoms. The first kappa shape index (κ1) is 12.0. The van der Waals surface area contributed by atoms with Gasteiger partial charge in [0.05, 0.1) is 22.3 Å². The molecule has 1 aliphatic rings. The Labute approximate surface area is 114 Å². The van der Waals surface area contributed by atoms with Gasteiger partial charge in [-0.25, -0.2) is 0 Å². The Bertz CT molecular complexity index is 654. The molecule has 0 radical (unpaired) electrons. The Morgan fingerprint density at radius 1 is 1.42 bits per heavy atom. The first-order chi connectivity index (χ1) is 9.09. The van der Waals surface area contributed by atoms with Gasteiger partial charge in [-0.3, -0.25) is 4.68 Å². The summed E-state index contributed by atoms with van der Waals surface area (Å²) in [4.78, 5) is 0. The van der Waals surface area contributed by atoms with E-state index in [9.17, 15) is 5.11 Å². The van der Waals surface area contributed by atoms with Crippen LogP contribution in [0.5, 0.6) is 17.2 Å². The smallest absolute Gasteiger partial charge is 0.173 e. The molecule has 1 aromatic heterocycles. The molecule has 3 rings (SSSR count). The Hall–Kier alpha value is -2.08. The van der Waals surface area contributed by atoms with Gasteiger partial charge in [0.2, 0.25) is 0 Å². The van der Waals surface area contributed by atoms with E-state index >= 15 is 0 Å². The average Bonchev–Trinajstić information content (AvgIpc) is 2.72. The number of nitrogen functional groups attached to an aromatic ring is 1. The fourth-order valence-electron chi connectivity index (χ4n) is 2.03. The third-order valence-electron chi connectivity index (χ3n) is 3.01. The van der Waals surface area contributed by atoms with Crippen molar-refractivity contribution >= 4 is 17.4 Å². The molecule has 2 aromatic rings. The van der Waals surface area contributed by atoms with Crippen molar-refractivity contribution in [1.29, 1.82) is 0 Å². The Kier molecular flexibility index (Phi) is 2.67. The highest BCUT2D eigenvalue weighted by atomic mass is 35.5. The second-order valence-corrected chi connectivity index (χ2v) is 4.58. The summed E-state index contributed by atoms with van der Waals surface area (Å²) in [6, 6.07) is 1.53. The zero-order valence-corrected chi connectivity index (χ0v) is 10.9. The SMILES string of the molecule is Cn1ncc(-c2c(O)c(Cl)cc3c2OCCO3)c1N. The van der Waals surface area contributed by atoms with Crippen molar-refractivity contribution < 1.29 is 14.6 Å². The predicted octanol–water partition coefficient (Wildman–Crippen LogP) is 1.80. The van der Waals surface area contributed by atoms with E-state index in [1.165, 1.54) is 10.7 Å². The van der Waals surface area contributed by atoms with Crippen molar-refractivity contribution in [1.82, 2.24) is 9.78 Å². The van der Waals surface area contributed by atoms with E-state index in [-0.39, 0.29) is 10.8 Å². The zero-order valence-electron chi connectivity index (χ0n) is 10.2. The predicted molar refractivity (Wildman–Crippen MR) is 70.7 cm³/mol. The first-order valence-electron chi connectivity index (χ1n) is 5.68. The first-order valence-corrected chi connectivity index (χ1v) is 6.06. The van der Waals surface area contributed by atoms with E-state index in [1.54, 1.807) is 13.2 Å². The summed E-state index contributed by atoms with van der Waals surface area (Å²) in [5.41, 5.74) is 6.91. The summed E-state index contributed by atoms with van der Waals surface area (Å²) in [7, 11) is 1.71. The van der Waals surface area contributed by atoms with E-state index in [2.05, 4.69) is 5.10 Å². The number of aromatic hydroxyl groups is 1. The quantitative estimate of drug-likeness (QED) is 0.833. The molecule has 100 valence electrons. The van der Waals surface area contributed by atoms with Gasteiger partial charge in [-0.15, -0.1) is 0 Å². The lowest BCUT2D eigenvalue weighted by Crippen LogP contribution is -2.16. The molecule has 0 saturated heterocycles. The lowest BCUT2D eigenvalue weighted by atomic mass is 10.0. The monoisotopic (exact) mass is 281 g/mol. The minimum Gasteiger partial charge on any atom is -0.506 e. The summed E-state index contributed by atoms with van der Waals surface area (Å²) < 4.78 is 12.6. The number of anilines is 1. The van der Waals surface area contributed by atoms with Gasteiger partial charge in [0.15, 0.2) is 11.5 Å². The van der Waals surface area contributed by atoms with Crippen LogP contribution in [0.15, 0.2) is 12.3 Å². The van der Waals surface area contributed by atoms with Crippen LogP contribution in [-0.4, -0.2) is 28.1 Å². The van der Waals surface area contributed by atoms with E-state index in [0.29, 0.717) is 41.7 Å². The van der Waals surface area contributed by atoms with E-state index < -0.39 is 0 Å². The van der Waals surface area contributed by atoms with Crippen LogP contribution in [-0.2, 0) is 7.05 Å². The number of fused-ring (bicyclic) bond motifs is 1. The zero-order chi connectivity index (χ0) is 13.6. The summed E-state index contributed by atoms with van der Waals surface area (Å²) >= 11 is 6.01. The van der Waals surface area contributed by atoms with Gasteiger partial charge in [-0.1, -0.05) is 11.6 Å². The largest absolute Gasteiger partial charge is 0.506 e. The van der Waals surface area contributed by atoms with Crippen LogP contribution >= 0.6 is 11.6 Å². The van der Waals surface area contributed by atoms with Crippen LogP contribution < -0.4 is 15.2 Å². The van der Waals surface area contributed by atoms with Gasteiger partial charge >= 0.3 is 0 Å². The Morgan fingerprint density at radius 3 is 2.84 bits per heavy atom. The highest BCUT2D eigenvalue weighted by Gasteiger charge is 2.25. The topological polar surface area (TPSA) is 82.5 Å². The number of halogens is 1. The standard InChI is InChI=1S/C12H12ClN3O3/c1-16-12(14)6(5-15-16)9-10(17)7(13)4-8-11(9)19-3-2-18-8/h4-5,17H,2-3,14H2,1H3. The molecule has 2 heterocycles. The number of phenols is 1. The fourth-order valence-corrected chi connectivity index (χ4v) is 2.23. The number of nitrogens with zero attached hydrogens (tertiary/aromatic N) is 2. The Morgan fingerprint density at radius 2 is 2.16 bits per heavy atom. The van der Waals surface area contributed by atoms with Crippen LogP contribution in [0.2, 0.25) is 5.02 Å². The minimum absolute atomic E-state index is 0.0920. The normalized spacial score (nSPS) is 13.6. The fraction of sp³-hybridized carbons (Fsp3) is 0.250. The number of aromatic nitrogens is 2. The van der Waals surface area contributed by atoms with Crippen LogP contribution in [0, 0.1) is 0 Å². The molecule has 1 aromatic carbocycles. The molecule has 0 amide bonds. The van der Waals surface area contributed by atoms with Crippen molar-refractivity contribution in [3.05, 3.63) is 17.3 Å². The van der Waals surface area contributed by atoms with Gasteiger partial charge in [-0.05, 0) is 0 Å². The van der Waals surface area contributed by atoms with E-state index in [4.69, 9.17) is 26.8 Å². The molecule has 0 atom stereocenters. The minimum atomic E-state index is -0.0920. The number of ether oxygens (including phenoxy) is 2. The van der Waals surface area contributed by atoms with Gasteiger partial charge in [-0.2, -0.15) is 5.10 Å². The number of nitrogens with two attached hydrogens (primary N) is 1. The maximum Gasteiger partial charge on any atom is 0.173 e. The second-order valence-electron chi connectivity index (χ2n) is 4.17. The number of rotatable bonds is 1. The van der Waals surface area contributed by atoms with Gasteiger partial charge < -0.3 is 20.3 Å². The molecule has 3 N–H and O–H groups in total. The molecule has 0 saturated carbocycles. The summed E-state index contributed by atoms with van der Waals surface area (Å²) in [6.07, 6.45) is 1.55. The van der Waals surface area contributed by atoms with Crippen molar-refractivity contribution in [2.45, 2.75) is 0 Å². The third-order valence-corrected chi connectivity index (χ3v) is 3.30. The second kappa shape index (κ2) is 4.24. The van der Waals surface area contributed by atoms with E-state index in [1.807, 2.05) is 0 Å². The molecule has 1 aliphatic heterocycles. The van der Waals surface area contributed by atoms with Crippen molar-refractivity contribution in [2.24, 2.45) is 7.05 Å². The molecule has 0 unspecified atom stereocenters. The average molecular weight is 282 g/mol. The highest BCUT2D eigenvalue weighted by molar-refractivity contribution is 6.33. The van der Waals surface area contributed by atoms with Crippen LogP contribution in [0.4, 0.5) is 5.82 Å². The maximum atomic E-state index is 10.2. The van der Waals surface area contributed by atoms with Gasteiger partial charge in [0, 0.05) is 13.1 Å². The number of benzene rings is 1. The van der Waals surface area contributed by atoms with Crippen LogP contribution in [0.1, 0.15) is 0 Å².